The summed E-state index contributed by atoms with van der Waals surface area (Å²) in [7, 11) is 0. The van der Waals surface area contributed by atoms with E-state index in [1.54, 1.807) is 0 Å². The van der Waals surface area contributed by atoms with Crippen LogP contribution < -0.4 is 5.32 Å². The molecule has 0 aromatic rings. The minimum Gasteiger partial charge on any atom is -0.313 e. The van der Waals surface area contributed by atoms with Crippen LogP contribution >= 0.6 is 23.5 Å². The van der Waals surface area contributed by atoms with E-state index in [9.17, 15) is 13.2 Å². The lowest BCUT2D eigenvalue weighted by Crippen LogP contribution is -2.44. The lowest BCUT2D eigenvalue weighted by Gasteiger charge is -2.35. The average molecular weight is 315 g/mol. The van der Waals surface area contributed by atoms with E-state index in [0.717, 1.165) is 24.5 Å². The van der Waals surface area contributed by atoms with Crippen molar-refractivity contribution in [3.63, 3.8) is 0 Å². The van der Waals surface area contributed by atoms with Gasteiger partial charge in [0.2, 0.25) is 0 Å². The van der Waals surface area contributed by atoms with Crippen LogP contribution in [0.1, 0.15) is 39.5 Å². The van der Waals surface area contributed by atoms with Crippen molar-refractivity contribution in [2.75, 3.05) is 18.1 Å². The summed E-state index contributed by atoms with van der Waals surface area (Å²) >= 11 is 3.87. The summed E-state index contributed by atoms with van der Waals surface area (Å²) < 4.78 is 36.7. The largest absolute Gasteiger partial charge is 0.389 e. The number of alkyl halides is 3. The molecule has 0 aromatic heterocycles. The highest BCUT2D eigenvalue weighted by Crippen LogP contribution is 2.35. The second-order valence-electron chi connectivity index (χ2n) is 4.98. The van der Waals surface area contributed by atoms with E-state index in [4.69, 9.17) is 0 Å². The van der Waals surface area contributed by atoms with Crippen LogP contribution in [0.3, 0.4) is 0 Å². The Morgan fingerprint density at radius 1 is 1.26 bits per heavy atom. The van der Waals surface area contributed by atoms with E-state index >= 15 is 0 Å². The van der Waals surface area contributed by atoms with E-state index in [1.165, 1.54) is 0 Å². The first-order valence-electron chi connectivity index (χ1n) is 6.97. The molecule has 1 nitrogen and oxygen atoms in total. The van der Waals surface area contributed by atoms with Crippen molar-refractivity contribution in [2.45, 2.75) is 62.2 Å². The van der Waals surface area contributed by atoms with Crippen molar-refractivity contribution in [3.8, 4) is 0 Å². The number of halogens is 3. The third kappa shape index (κ3) is 7.14. The van der Waals surface area contributed by atoms with Crippen LogP contribution in [0.5, 0.6) is 0 Å². The van der Waals surface area contributed by atoms with E-state index in [0.29, 0.717) is 16.9 Å². The highest BCUT2D eigenvalue weighted by Gasteiger charge is 2.32. The molecule has 1 rings (SSSR count). The fourth-order valence-corrected chi connectivity index (χ4v) is 5.33. The van der Waals surface area contributed by atoms with Gasteiger partial charge in [0, 0.05) is 34.5 Å². The summed E-state index contributed by atoms with van der Waals surface area (Å²) in [5.41, 5.74) is 0. The third-order valence-electron chi connectivity index (χ3n) is 3.27. The zero-order chi connectivity index (χ0) is 14.3. The molecule has 1 fully saturated rings. The summed E-state index contributed by atoms with van der Waals surface area (Å²) in [4.78, 5) is 0. The van der Waals surface area contributed by atoms with Crippen molar-refractivity contribution >= 4 is 23.5 Å². The number of hydrogen-bond acceptors (Lipinski definition) is 3. The number of nitrogens with one attached hydrogen (secondary N) is 1. The summed E-state index contributed by atoms with van der Waals surface area (Å²) in [5.74, 6) is 2.27. The van der Waals surface area contributed by atoms with Gasteiger partial charge in [-0.25, -0.2) is 0 Å². The minimum atomic E-state index is -4.02. The molecular weight excluding hydrogens is 291 g/mol. The van der Waals surface area contributed by atoms with E-state index in [1.807, 2.05) is 23.5 Å². The van der Waals surface area contributed by atoms with Gasteiger partial charge in [0.05, 0.1) is 0 Å². The van der Waals surface area contributed by atoms with Gasteiger partial charge in [0.25, 0.3) is 0 Å². The van der Waals surface area contributed by atoms with Crippen molar-refractivity contribution in [1.29, 1.82) is 0 Å². The Bertz CT molecular complexity index is 249. The topological polar surface area (TPSA) is 12.0 Å². The average Bonchev–Trinajstić information content (AvgIpc) is 2.33. The Morgan fingerprint density at radius 2 is 1.95 bits per heavy atom. The van der Waals surface area contributed by atoms with Gasteiger partial charge in [-0.3, -0.25) is 0 Å². The minimum absolute atomic E-state index is 0.218. The number of hydrogen-bond donors (Lipinski definition) is 1. The smallest absolute Gasteiger partial charge is 0.313 e. The molecule has 0 saturated carbocycles. The molecule has 114 valence electrons. The molecule has 0 spiro atoms. The lowest BCUT2D eigenvalue weighted by molar-refractivity contribution is -0.135. The molecule has 19 heavy (non-hydrogen) atoms. The standard InChI is InChI=1S/C13H24F3NS2/c1-3-7-17-11(5-4-6-13(14,15)16)12-10(2)18-8-9-19-12/h10-12,17H,3-9H2,1-2H3. The van der Waals surface area contributed by atoms with Gasteiger partial charge < -0.3 is 5.32 Å². The van der Waals surface area contributed by atoms with E-state index in [2.05, 4.69) is 19.2 Å². The molecule has 1 aliphatic rings. The van der Waals surface area contributed by atoms with E-state index < -0.39 is 12.6 Å². The van der Waals surface area contributed by atoms with Crippen LogP contribution in [0.2, 0.25) is 0 Å². The Kier molecular flexibility index (Phi) is 7.99. The van der Waals surface area contributed by atoms with Gasteiger partial charge >= 0.3 is 6.18 Å². The van der Waals surface area contributed by atoms with Gasteiger partial charge in [-0.2, -0.15) is 36.7 Å². The molecule has 1 N–H and O–H groups in total. The normalized spacial score (nSPS) is 26.4. The maximum absolute atomic E-state index is 12.2. The first kappa shape index (κ1) is 17.5. The fraction of sp³-hybridized carbons (Fsp3) is 1.00. The third-order valence-corrected chi connectivity index (χ3v) is 6.52. The maximum Gasteiger partial charge on any atom is 0.389 e. The van der Waals surface area contributed by atoms with Crippen LogP contribution in [0.15, 0.2) is 0 Å². The SMILES string of the molecule is CCCNC(CCCC(F)(F)F)C1SCCSC1C. The lowest BCUT2D eigenvalue weighted by atomic mass is 10.0. The van der Waals surface area contributed by atoms with Crippen molar-refractivity contribution in [2.24, 2.45) is 0 Å². The molecule has 1 saturated heterocycles. The molecule has 1 aliphatic heterocycles. The molecule has 0 aliphatic carbocycles. The Morgan fingerprint density at radius 3 is 2.53 bits per heavy atom. The molecule has 1 heterocycles. The fourth-order valence-electron chi connectivity index (χ4n) is 2.33. The molecule has 3 unspecified atom stereocenters. The molecule has 0 amide bonds. The first-order chi connectivity index (χ1) is 8.94. The number of rotatable bonds is 7. The summed E-state index contributed by atoms with van der Waals surface area (Å²) in [6.07, 6.45) is -2.79. The molecule has 0 radical (unpaired) electrons. The highest BCUT2D eigenvalue weighted by molar-refractivity contribution is 8.07. The highest BCUT2D eigenvalue weighted by atomic mass is 32.2. The van der Waals surface area contributed by atoms with Gasteiger partial charge in [-0.15, -0.1) is 0 Å². The van der Waals surface area contributed by atoms with Crippen molar-refractivity contribution < 1.29 is 13.2 Å². The van der Waals surface area contributed by atoms with Crippen LogP contribution in [-0.4, -0.2) is 40.8 Å². The monoisotopic (exact) mass is 315 g/mol. The Hall–Kier alpha value is 0.450. The quantitative estimate of drug-likeness (QED) is 0.751. The van der Waals surface area contributed by atoms with Crippen molar-refractivity contribution in [3.05, 3.63) is 0 Å². The van der Waals surface area contributed by atoms with Crippen LogP contribution in [-0.2, 0) is 0 Å². The van der Waals surface area contributed by atoms with Gasteiger partial charge in [-0.05, 0) is 25.8 Å². The van der Waals surface area contributed by atoms with Gasteiger partial charge in [-0.1, -0.05) is 13.8 Å². The molecule has 3 atom stereocenters. The van der Waals surface area contributed by atoms with Crippen LogP contribution in [0.25, 0.3) is 0 Å². The van der Waals surface area contributed by atoms with Gasteiger partial charge in [0.15, 0.2) is 0 Å². The second-order valence-corrected chi connectivity index (χ2v) is 7.75. The number of thioether (sulfide) groups is 2. The van der Waals surface area contributed by atoms with Gasteiger partial charge in [0.1, 0.15) is 0 Å². The molecule has 0 aromatic carbocycles. The van der Waals surface area contributed by atoms with Crippen LogP contribution in [0.4, 0.5) is 13.2 Å². The first-order valence-corrected chi connectivity index (χ1v) is 9.07. The van der Waals surface area contributed by atoms with Crippen molar-refractivity contribution in [1.82, 2.24) is 5.32 Å². The summed E-state index contributed by atoms with van der Waals surface area (Å²) in [5, 5.41) is 4.42. The van der Waals surface area contributed by atoms with E-state index in [-0.39, 0.29) is 12.5 Å². The molecule has 0 bridgehead atoms. The molecular formula is C13H24F3NS2. The predicted molar refractivity (Wildman–Crippen MR) is 80.2 cm³/mol. The Balaban J connectivity index is 2.45. The zero-order valence-corrected chi connectivity index (χ0v) is 13.3. The predicted octanol–water partition coefficient (Wildman–Crippen LogP) is 4.32. The Labute approximate surface area is 122 Å². The summed E-state index contributed by atoms with van der Waals surface area (Å²) in [6.45, 7) is 5.18. The zero-order valence-electron chi connectivity index (χ0n) is 11.6. The maximum atomic E-state index is 12.2. The summed E-state index contributed by atoms with van der Waals surface area (Å²) in [6, 6.07) is 0.218. The second kappa shape index (κ2) is 8.67. The molecule has 6 heteroatoms. The van der Waals surface area contributed by atoms with Crippen LogP contribution in [0, 0.1) is 0 Å².